The molecule has 2 N–H and O–H groups in total. The third kappa shape index (κ3) is 3.55. The maximum absolute atomic E-state index is 10.5. The van der Waals surface area contributed by atoms with E-state index < -0.39 is 0 Å². The number of phenolic OH excluding ortho intramolecular Hbond substituents is 2. The molecular weight excluding hydrogens is 272 g/mol. The van der Waals surface area contributed by atoms with Gasteiger partial charge in [-0.15, -0.1) is 0 Å². The van der Waals surface area contributed by atoms with Gasteiger partial charge in [-0.3, -0.25) is 0 Å². The zero-order chi connectivity index (χ0) is 16.3. The van der Waals surface area contributed by atoms with Crippen LogP contribution in [-0.2, 0) is 6.42 Å². The van der Waals surface area contributed by atoms with E-state index in [2.05, 4.69) is 33.4 Å². The average molecular weight is 300 g/mol. The molecule has 2 nitrogen and oxygen atoms in total. The van der Waals surface area contributed by atoms with Crippen molar-refractivity contribution in [1.29, 1.82) is 0 Å². The van der Waals surface area contributed by atoms with E-state index in [4.69, 9.17) is 0 Å². The number of hydrogen-bond acceptors (Lipinski definition) is 2. The van der Waals surface area contributed by atoms with E-state index in [9.17, 15) is 10.2 Å². The number of rotatable bonds is 5. The van der Waals surface area contributed by atoms with Gasteiger partial charge in [0.05, 0.1) is 0 Å². The molecule has 1 aromatic carbocycles. The summed E-state index contributed by atoms with van der Waals surface area (Å²) >= 11 is 0. The highest BCUT2D eigenvalue weighted by atomic mass is 16.3. The fraction of sp³-hybridized carbons (Fsp3) is 0.500. The van der Waals surface area contributed by atoms with Crippen LogP contribution in [0.5, 0.6) is 11.5 Å². The molecule has 1 aliphatic rings. The van der Waals surface area contributed by atoms with E-state index in [1.807, 2.05) is 6.07 Å². The lowest BCUT2D eigenvalue weighted by Crippen LogP contribution is -2.18. The molecule has 22 heavy (non-hydrogen) atoms. The maximum Gasteiger partial charge on any atom is 0.123 e. The number of allylic oxidation sites excluding steroid dienone is 3. The number of aromatic hydroxyl groups is 2. The molecule has 2 heteroatoms. The Morgan fingerprint density at radius 3 is 2.68 bits per heavy atom. The molecule has 1 aromatic rings. The van der Waals surface area contributed by atoms with E-state index in [0.717, 1.165) is 43.2 Å². The lowest BCUT2D eigenvalue weighted by Gasteiger charge is -2.32. The molecule has 0 aliphatic heterocycles. The van der Waals surface area contributed by atoms with Gasteiger partial charge in [0, 0.05) is 17.5 Å². The van der Waals surface area contributed by atoms with E-state index in [-0.39, 0.29) is 17.4 Å². The third-order valence-corrected chi connectivity index (χ3v) is 4.74. The summed E-state index contributed by atoms with van der Waals surface area (Å²) in [5, 5.41) is 20.3. The van der Waals surface area contributed by atoms with Gasteiger partial charge in [-0.2, -0.15) is 0 Å². The molecule has 0 saturated carbocycles. The Bertz CT molecular complexity index is 584. The van der Waals surface area contributed by atoms with Crippen LogP contribution in [0.1, 0.15) is 63.5 Å². The fourth-order valence-corrected chi connectivity index (χ4v) is 3.55. The van der Waals surface area contributed by atoms with Gasteiger partial charge >= 0.3 is 0 Å². The van der Waals surface area contributed by atoms with Crippen molar-refractivity contribution >= 4 is 0 Å². The van der Waals surface area contributed by atoms with Gasteiger partial charge in [0.15, 0.2) is 0 Å². The lowest BCUT2D eigenvalue weighted by molar-refractivity contribution is 0.423. The van der Waals surface area contributed by atoms with Crippen LogP contribution in [0.15, 0.2) is 35.9 Å². The molecule has 2 atom stereocenters. The average Bonchev–Trinajstić information content (AvgIpc) is 2.44. The van der Waals surface area contributed by atoms with E-state index in [1.54, 1.807) is 0 Å². The van der Waals surface area contributed by atoms with Gasteiger partial charge in [0.1, 0.15) is 11.5 Å². The highest BCUT2D eigenvalue weighted by Gasteiger charge is 2.29. The number of phenols is 2. The Labute approximate surface area is 134 Å². The molecule has 2 rings (SSSR count). The van der Waals surface area contributed by atoms with Crippen LogP contribution in [-0.4, -0.2) is 10.2 Å². The summed E-state index contributed by atoms with van der Waals surface area (Å²) in [5.74, 6) is 0.891. The van der Waals surface area contributed by atoms with Gasteiger partial charge < -0.3 is 10.2 Å². The van der Waals surface area contributed by atoms with Crippen LogP contribution in [0.4, 0.5) is 0 Å². The summed E-state index contributed by atoms with van der Waals surface area (Å²) in [5.41, 5.74) is 4.60. The van der Waals surface area contributed by atoms with Gasteiger partial charge in [0.2, 0.25) is 0 Å². The van der Waals surface area contributed by atoms with Gasteiger partial charge in [-0.1, -0.05) is 37.1 Å². The van der Waals surface area contributed by atoms with Gasteiger partial charge in [0.25, 0.3) is 0 Å². The topological polar surface area (TPSA) is 40.5 Å². The lowest BCUT2D eigenvalue weighted by atomic mass is 9.72. The normalized spacial score (nSPS) is 21.5. The van der Waals surface area contributed by atoms with Crippen LogP contribution in [0.3, 0.4) is 0 Å². The summed E-state index contributed by atoms with van der Waals surface area (Å²) in [4.78, 5) is 0. The second kappa shape index (κ2) is 7.04. The van der Waals surface area contributed by atoms with Crippen molar-refractivity contribution in [2.45, 2.75) is 58.8 Å². The van der Waals surface area contributed by atoms with Gasteiger partial charge in [-0.25, -0.2) is 0 Å². The first-order valence-electron chi connectivity index (χ1n) is 8.31. The zero-order valence-electron chi connectivity index (χ0n) is 14.0. The smallest absolute Gasteiger partial charge is 0.123 e. The highest BCUT2D eigenvalue weighted by molar-refractivity contribution is 5.50. The van der Waals surface area contributed by atoms with Crippen LogP contribution >= 0.6 is 0 Å². The minimum absolute atomic E-state index is 0.149. The molecule has 0 saturated heterocycles. The maximum atomic E-state index is 10.5. The summed E-state index contributed by atoms with van der Waals surface area (Å²) < 4.78 is 0. The van der Waals surface area contributed by atoms with Crippen molar-refractivity contribution in [2.24, 2.45) is 5.92 Å². The number of unbranched alkanes of at least 4 members (excludes halogenated alkanes) is 1. The van der Waals surface area contributed by atoms with Gasteiger partial charge in [-0.05, 0) is 57.1 Å². The number of benzene rings is 1. The summed E-state index contributed by atoms with van der Waals surface area (Å²) in [6.45, 7) is 10.6. The third-order valence-electron chi connectivity index (χ3n) is 4.74. The molecule has 0 bridgehead atoms. The minimum Gasteiger partial charge on any atom is -0.508 e. The first-order chi connectivity index (χ1) is 10.4. The first-order valence-corrected chi connectivity index (χ1v) is 8.31. The monoisotopic (exact) mass is 300 g/mol. The van der Waals surface area contributed by atoms with Crippen molar-refractivity contribution in [1.82, 2.24) is 0 Å². The zero-order valence-corrected chi connectivity index (χ0v) is 14.0. The molecule has 1 aliphatic carbocycles. The Balaban J connectivity index is 2.52. The molecule has 0 radical (unpaired) electrons. The predicted octanol–water partition coefficient (Wildman–Crippen LogP) is 5.46. The van der Waals surface area contributed by atoms with Crippen molar-refractivity contribution in [2.75, 3.05) is 0 Å². The highest BCUT2D eigenvalue weighted by Crippen LogP contribution is 2.45. The fourth-order valence-electron chi connectivity index (χ4n) is 3.55. The van der Waals surface area contributed by atoms with Crippen molar-refractivity contribution in [3.8, 4) is 11.5 Å². The van der Waals surface area contributed by atoms with Crippen LogP contribution in [0.2, 0.25) is 0 Å². The number of hydrogen-bond donors (Lipinski definition) is 2. The molecule has 0 aromatic heterocycles. The quantitative estimate of drug-likeness (QED) is 0.709. The SMILES string of the molecule is C=C(C)C1CCC(C)=CC1c1c(O)cc(O)cc1CCCC. The largest absolute Gasteiger partial charge is 0.508 e. The molecular formula is C20H28O2. The van der Waals surface area contributed by atoms with Crippen LogP contribution in [0, 0.1) is 5.92 Å². The molecule has 0 spiro atoms. The molecule has 120 valence electrons. The number of aryl methyl sites for hydroxylation is 1. The second-order valence-corrected chi connectivity index (χ2v) is 6.67. The Hall–Kier alpha value is -1.70. The van der Waals surface area contributed by atoms with Crippen LogP contribution in [0.25, 0.3) is 0 Å². The van der Waals surface area contributed by atoms with E-state index in [1.165, 1.54) is 17.2 Å². The van der Waals surface area contributed by atoms with Crippen molar-refractivity contribution in [3.05, 3.63) is 47.1 Å². The summed E-state index contributed by atoms with van der Waals surface area (Å²) in [6.07, 6.45) is 7.50. The molecule has 0 heterocycles. The molecule has 0 fully saturated rings. The standard InChI is InChI=1S/C20H28O2/c1-5-6-7-15-11-16(21)12-19(22)20(15)18-10-14(4)8-9-17(18)13(2)3/h10-12,17-18,21-22H,2,5-9H2,1,3-4H3. The Kier molecular flexibility index (Phi) is 5.33. The van der Waals surface area contributed by atoms with Crippen molar-refractivity contribution < 1.29 is 10.2 Å². The van der Waals surface area contributed by atoms with Crippen molar-refractivity contribution in [3.63, 3.8) is 0 Å². The predicted molar refractivity (Wildman–Crippen MR) is 92.4 cm³/mol. The Morgan fingerprint density at radius 1 is 1.32 bits per heavy atom. The summed E-state index contributed by atoms with van der Waals surface area (Å²) in [6, 6.07) is 3.29. The Morgan fingerprint density at radius 2 is 2.05 bits per heavy atom. The van der Waals surface area contributed by atoms with Crippen LogP contribution < -0.4 is 0 Å². The van der Waals surface area contributed by atoms with E-state index >= 15 is 0 Å². The first kappa shape index (κ1) is 16.7. The van der Waals surface area contributed by atoms with E-state index in [0.29, 0.717) is 5.92 Å². The molecule has 2 unspecified atom stereocenters. The summed E-state index contributed by atoms with van der Waals surface area (Å²) in [7, 11) is 0. The molecule has 0 amide bonds. The minimum atomic E-state index is 0.149. The second-order valence-electron chi connectivity index (χ2n) is 6.67.